The maximum Gasteiger partial charge on any atom is 0.274 e. The standard InChI is InChI=1S/C17H26N4O2/c1-12(2)15-11-21(7-3-6-20(15)10-13-4-5-13)17(23)14-8-19-16(22)9-18-14/h8-9,12-13,15H,3-7,10-11H2,1-2H3,(H,19,22)/t15-/m1/s1. The van der Waals surface area contributed by atoms with Gasteiger partial charge in [0, 0.05) is 38.4 Å². The van der Waals surface area contributed by atoms with E-state index in [1.165, 1.54) is 31.8 Å². The summed E-state index contributed by atoms with van der Waals surface area (Å²) < 4.78 is 0. The van der Waals surface area contributed by atoms with Gasteiger partial charge in [0.25, 0.3) is 11.5 Å². The third-order valence-corrected chi connectivity index (χ3v) is 4.89. The number of rotatable bonds is 4. The second-order valence-corrected chi connectivity index (χ2v) is 7.15. The number of aromatic nitrogens is 2. The second-order valence-electron chi connectivity index (χ2n) is 7.15. The molecule has 1 aromatic rings. The summed E-state index contributed by atoms with van der Waals surface area (Å²) in [5, 5.41) is 0. The van der Waals surface area contributed by atoms with E-state index in [2.05, 4.69) is 28.7 Å². The molecule has 1 aliphatic heterocycles. The van der Waals surface area contributed by atoms with Crippen LogP contribution in [0.3, 0.4) is 0 Å². The normalized spacial score (nSPS) is 23.1. The predicted molar refractivity (Wildman–Crippen MR) is 88.3 cm³/mol. The Morgan fingerprint density at radius 3 is 2.78 bits per heavy atom. The molecule has 6 nitrogen and oxygen atoms in total. The SMILES string of the molecule is CC(C)[C@H]1CN(C(=O)c2c[nH]c(=O)cn2)CCCN1CC1CC1. The van der Waals surface area contributed by atoms with E-state index < -0.39 is 0 Å². The highest BCUT2D eigenvalue weighted by Crippen LogP contribution is 2.31. The lowest BCUT2D eigenvalue weighted by molar-refractivity contribution is 0.0698. The molecule has 0 bridgehead atoms. The van der Waals surface area contributed by atoms with Crippen LogP contribution in [-0.4, -0.2) is 57.9 Å². The zero-order valence-electron chi connectivity index (χ0n) is 14.0. The maximum atomic E-state index is 12.7. The van der Waals surface area contributed by atoms with Crippen molar-refractivity contribution in [3.63, 3.8) is 0 Å². The van der Waals surface area contributed by atoms with Gasteiger partial charge in [0.1, 0.15) is 5.69 Å². The Hall–Kier alpha value is -1.69. The molecule has 2 aliphatic rings. The summed E-state index contributed by atoms with van der Waals surface area (Å²) >= 11 is 0. The van der Waals surface area contributed by atoms with E-state index in [1.807, 2.05) is 4.90 Å². The number of hydrogen-bond acceptors (Lipinski definition) is 4. The molecule has 23 heavy (non-hydrogen) atoms. The van der Waals surface area contributed by atoms with Crippen LogP contribution in [0.2, 0.25) is 0 Å². The largest absolute Gasteiger partial charge is 0.336 e. The molecule has 0 aromatic carbocycles. The van der Waals surface area contributed by atoms with Gasteiger partial charge in [-0.1, -0.05) is 13.8 Å². The van der Waals surface area contributed by atoms with Crippen LogP contribution >= 0.6 is 0 Å². The summed E-state index contributed by atoms with van der Waals surface area (Å²) in [4.78, 5) is 34.8. The topological polar surface area (TPSA) is 69.3 Å². The molecule has 0 radical (unpaired) electrons. The second kappa shape index (κ2) is 6.83. The molecule has 1 N–H and O–H groups in total. The van der Waals surface area contributed by atoms with Crippen LogP contribution < -0.4 is 5.56 Å². The number of nitrogens with one attached hydrogen (secondary N) is 1. The summed E-state index contributed by atoms with van der Waals surface area (Å²) in [5.74, 6) is 1.28. The molecule has 2 heterocycles. The Bertz CT molecular complexity index is 588. The van der Waals surface area contributed by atoms with Gasteiger partial charge in [-0.05, 0) is 31.1 Å². The van der Waals surface area contributed by atoms with Crippen LogP contribution in [0.5, 0.6) is 0 Å². The maximum absolute atomic E-state index is 12.7. The molecule has 1 aromatic heterocycles. The third kappa shape index (κ3) is 3.99. The predicted octanol–water partition coefficient (Wildman–Crippen LogP) is 1.35. The summed E-state index contributed by atoms with van der Waals surface area (Å²) in [7, 11) is 0. The molecule has 126 valence electrons. The smallest absolute Gasteiger partial charge is 0.274 e. The Morgan fingerprint density at radius 2 is 2.17 bits per heavy atom. The van der Waals surface area contributed by atoms with Gasteiger partial charge in [0.05, 0.1) is 6.20 Å². The van der Waals surface area contributed by atoms with E-state index in [-0.39, 0.29) is 11.5 Å². The van der Waals surface area contributed by atoms with Crippen molar-refractivity contribution in [1.82, 2.24) is 19.8 Å². The summed E-state index contributed by atoms with van der Waals surface area (Å²) in [6, 6.07) is 0.393. The van der Waals surface area contributed by atoms with Gasteiger partial charge in [-0.25, -0.2) is 4.98 Å². The van der Waals surface area contributed by atoms with Crippen molar-refractivity contribution in [2.24, 2.45) is 11.8 Å². The third-order valence-electron chi connectivity index (χ3n) is 4.89. The monoisotopic (exact) mass is 318 g/mol. The number of H-pyrrole nitrogens is 1. The van der Waals surface area contributed by atoms with Gasteiger partial charge in [0.2, 0.25) is 0 Å². The van der Waals surface area contributed by atoms with Crippen molar-refractivity contribution < 1.29 is 4.79 Å². The Kier molecular flexibility index (Phi) is 4.80. The van der Waals surface area contributed by atoms with Crippen molar-refractivity contribution in [2.45, 2.75) is 39.2 Å². The number of nitrogens with zero attached hydrogens (tertiary/aromatic N) is 3. The molecule has 1 saturated carbocycles. The van der Waals surface area contributed by atoms with Crippen LogP contribution in [0.1, 0.15) is 43.6 Å². The van der Waals surface area contributed by atoms with E-state index in [0.29, 0.717) is 17.7 Å². The highest BCUT2D eigenvalue weighted by Gasteiger charge is 2.33. The Balaban J connectivity index is 1.73. The highest BCUT2D eigenvalue weighted by molar-refractivity contribution is 5.92. The number of carbonyl (C=O) groups excluding carboxylic acids is 1. The fourth-order valence-electron chi connectivity index (χ4n) is 3.36. The Labute approximate surface area is 136 Å². The molecule has 1 atom stereocenters. The van der Waals surface area contributed by atoms with Gasteiger partial charge in [0.15, 0.2) is 0 Å². The Morgan fingerprint density at radius 1 is 1.39 bits per heavy atom. The van der Waals surface area contributed by atoms with E-state index in [1.54, 1.807) is 0 Å². The zero-order valence-corrected chi connectivity index (χ0v) is 14.0. The molecule has 2 fully saturated rings. The first-order valence-electron chi connectivity index (χ1n) is 8.62. The molecule has 6 heteroatoms. The summed E-state index contributed by atoms with van der Waals surface area (Å²) in [6.07, 6.45) is 6.29. The summed E-state index contributed by atoms with van der Waals surface area (Å²) in [5.41, 5.74) is 0.0378. The van der Waals surface area contributed by atoms with Crippen molar-refractivity contribution >= 4 is 5.91 Å². The van der Waals surface area contributed by atoms with Crippen molar-refractivity contribution in [1.29, 1.82) is 0 Å². The van der Waals surface area contributed by atoms with E-state index in [0.717, 1.165) is 32.0 Å². The average molecular weight is 318 g/mol. The fraction of sp³-hybridized carbons (Fsp3) is 0.706. The number of hydrogen-bond donors (Lipinski definition) is 1. The molecular formula is C17H26N4O2. The van der Waals surface area contributed by atoms with Gasteiger partial charge >= 0.3 is 0 Å². The minimum absolute atomic E-state index is 0.0832. The fourth-order valence-corrected chi connectivity index (χ4v) is 3.36. The average Bonchev–Trinajstić information content (AvgIpc) is 3.34. The van der Waals surface area contributed by atoms with Gasteiger partial charge < -0.3 is 9.88 Å². The molecule has 0 spiro atoms. The lowest BCUT2D eigenvalue weighted by Gasteiger charge is -2.34. The van der Waals surface area contributed by atoms with Gasteiger partial charge in [-0.3, -0.25) is 14.5 Å². The summed E-state index contributed by atoms with van der Waals surface area (Å²) in [6.45, 7) is 8.19. The molecule has 3 rings (SSSR count). The first-order valence-corrected chi connectivity index (χ1v) is 8.62. The van der Waals surface area contributed by atoms with Crippen molar-refractivity contribution in [3.8, 4) is 0 Å². The minimum Gasteiger partial charge on any atom is -0.336 e. The number of carbonyl (C=O) groups is 1. The minimum atomic E-state index is -0.284. The number of aromatic amines is 1. The van der Waals surface area contributed by atoms with Crippen LogP contribution in [0.4, 0.5) is 0 Å². The highest BCUT2D eigenvalue weighted by atomic mass is 16.2. The molecule has 1 saturated heterocycles. The molecule has 0 unspecified atom stereocenters. The quantitative estimate of drug-likeness (QED) is 0.910. The van der Waals surface area contributed by atoms with E-state index in [9.17, 15) is 9.59 Å². The van der Waals surface area contributed by atoms with E-state index in [4.69, 9.17) is 0 Å². The van der Waals surface area contributed by atoms with Crippen LogP contribution in [0.25, 0.3) is 0 Å². The lowest BCUT2D eigenvalue weighted by Crippen LogP contribution is -2.46. The van der Waals surface area contributed by atoms with Crippen LogP contribution in [0.15, 0.2) is 17.2 Å². The first-order chi connectivity index (χ1) is 11.0. The first kappa shape index (κ1) is 16.2. The van der Waals surface area contributed by atoms with Crippen LogP contribution in [-0.2, 0) is 0 Å². The van der Waals surface area contributed by atoms with Crippen molar-refractivity contribution in [2.75, 3.05) is 26.2 Å². The lowest BCUT2D eigenvalue weighted by atomic mass is 10.0. The zero-order chi connectivity index (χ0) is 16.4. The molecule has 1 aliphatic carbocycles. The molecule has 1 amide bonds. The van der Waals surface area contributed by atoms with E-state index >= 15 is 0 Å². The van der Waals surface area contributed by atoms with Gasteiger partial charge in [-0.2, -0.15) is 0 Å². The van der Waals surface area contributed by atoms with Crippen molar-refractivity contribution in [3.05, 3.63) is 28.4 Å². The molecular weight excluding hydrogens is 292 g/mol. The van der Waals surface area contributed by atoms with Gasteiger partial charge in [-0.15, -0.1) is 0 Å². The van der Waals surface area contributed by atoms with Crippen LogP contribution in [0, 0.1) is 11.8 Å². The number of amides is 1.